The summed E-state index contributed by atoms with van der Waals surface area (Å²) in [6.07, 6.45) is 5.42. The minimum absolute atomic E-state index is 0.00221. The van der Waals surface area contributed by atoms with Crippen molar-refractivity contribution in [3.63, 3.8) is 0 Å². The van der Waals surface area contributed by atoms with Gasteiger partial charge in [0, 0.05) is 25.6 Å². The highest BCUT2D eigenvalue weighted by atomic mass is 32.2. The summed E-state index contributed by atoms with van der Waals surface area (Å²) < 4.78 is 27.1. The van der Waals surface area contributed by atoms with Crippen LogP contribution in [0.25, 0.3) is 0 Å². The molecular weight excluding hydrogens is 444 g/mol. The predicted octanol–water partition coefficient (Wildman–Crippen LogP) is 2.76. The summed E-state index contributed by atoms with van der Waals surface area (Å²) in [5, 5.41) is 5.49. The number of carbonyl (C=O) groups is 3. The molecule has 1 aliphatic heterocycles. The van der Waals surface area contributed by atoms with Gasteiger partial charge in [-0.05, 0) is 68.1 Å². The van der Waals surface area contributed by atoms with Crippen LogP contribution in [-0.2, 0) is 21.2 Å². The van der Waals surface area contributed by atoms with Crippen LogP contribution in [-0.4, -0.2) is 50.4 Å². The van der Waals surface area contributed by atoms with Crippen LogP contribution in [0.15, 0.2) is 29.2 Å². The van der Waals surface area contributed by atoms with Crippen LogP contribution in [0.2, 0.25) is 0 Å². The first kappa shape index (κ1) is 25.0. The number of sulfonamides is 1. The minimum Gasteiger partial charge on any atom is -0.337 e. The zero-order valence-electron chi connectivity index (χ0n) is 19.3. The van der Waals surface area contributed by atoms with Crippen LogP contribution in [0.4, 0.5) is 9.59 Å². The second kappa shape index (κ2) is 11.0. The Morgan fingerprint density at radius 1 is 1.00 bits per heavy atom. The van der Waals surface area contributed by atoms with Crippen LogP contribution in [0, 0.1) is 11.8 Å². The second-order valence-corrected chi connectivity index (χ2v) is 11.0. The van der Waals surface area contributed by atoms with E-state index < -0.39 is 22.1 Å². The molecule has 3 N–H and O–H groups in total. The Morgan fingerprint density at radius 3 is 2.30 bits per heavy atom. The summed E-state index contributed by atoms with van der Waals surface area (Å²) in [7, 11) is -3.97. The number of benzene rings is 1. The van der Waals surface area contributed by atoms with Gasteiger partial charge in [-0.3, -0.25) is 9.69 Å². The molecule has 2 fully saturated rings. The molecule has 1 aliphatic carbocycles. The van der Waals surface area contributed by atoms with Crippen molar-refractivity contribution in [1.82, 2.24) is 20.3 Å². The Morgan fingerprint density at radius 2 is 1.67 bits per heavy atom. The fourth-order valence-corrected chi connectivity index (χ4v) is 5.16. The van der Waals surface area contributed by atoms with Crippen molar-refractivity contribution in [3.8, 4) is 0 Å². The second-order valence-electron chi connectivity index (χ2n) is 9.30. The lowest BCUT2D eigenvalue weighted by Crippen LogP contribution is -2.48. The molecule has 1 unspecified atom stereocenters. The summed E-state index contributed by atoms with van der Waals surface area (Å²) in [6.45, 7) is 4.92. The van der Waals surface area contributed by atoms with Crippen LogP contribution >= 0.6 is 0 Å². The standard InChI is InChI=1S/C23H34N4O5S/c1-16-3-7-19(8-4-16)25-22(29)26-33(31,32)20-9-5-18(6-10-20)11-13-24-23(30)27-14-12-17(2)15-21(27)28/h5-6,9-10,16-17,19H,3-4,7-8,11-15H2,1-2H3,(H,24,30)(H2,25,26,29). The third-order valence-corrected chi connectivity index (χ3v) is 7.76. The molecule has 0 spiro atoms. The number of imide groups is 1. The summed E-state index contributed by atoms with van der Waals surface area (Å²) >= 11 is 0. The van der Waals surface area contributed by atoms with Gasteiger partial charge in [0.25, 0.3) is 10.0 Å². The number of nitrogens with one attached hydrogen (secondary N) is 3. The van der Waals surface area contributed by atoms with Crippen molar-refractivity contribution in [2.24, 2.45) is 11.8 Å². The van der Waals surface area contributed by atoms with Gasteiger partial charge in [-0.15, -0.1) is 0 Å². The molecule has 1 heterocycles. The number of rotatable bonds is 6. The van der Waals surface area contributed by atoms with Crippen molar-refractivity contribution >= 4 is 28.0 Å². The molecule has 1 saturated heterocycles. The molecule has 1 aromatic carbocycles. The van der Waals surface area contributed by atoms with Gasteiger partial charge in [0.2, 0.25) is 5.91 Å². The first-order valence-corrected chi connectivity index (χ1v) is 13.1. The first-order valence-electron chi connectivity index (χ1n) is 11.6. The van der Waals surface area contributed by atoms with Crippen LogP contribution in [0.1, 0.15) is 57.9 Å². The Hall–Kier alpha value is -2.62. The van der Waals surface area contributed by atoms with E-state index in [0.717, 1.165) is 37.7 Å². The van der Waals surface area contributed by atoms with Gasteiger partial charge in [0.1, 0.15) is 0 Å². The maximum Gasteiger partial charge on any atom is 0.328 e. The molecule has 0 aromatic heterocycles. The highest BCUT2D eigenvalue weighted by Gasteiger charge is 2.27. The largest absolute Gasteiger partial charge is 0.337 e. The molecule has 1 saturated carbocycles. The third-order valence-electron chi connectivity index (χ3n) is 6.42. The van der Waals surface area contributed by atoms with Crippen molar-refractivity contribution in [3.05, 3.63) is 29.8 Å². The molecule has 33 heavy (non-hydrogen) atoms. The lowest BCUT2D eigenvalue weighted by molar-refractivity contribution is -0.131. The number of amides is 5. The molecule has 1 aromatic rings. The maximum atomic E-state index is 12.5. The van der Waals surface area contributed by atoms with Crippen molar-refractivity contribution in [2.45, 2.75) is 69.7 Å². The van der Waals surface area contributed by atoms with E-state index in [4.69, 9.17) is 0 Å². The molecule has 5 amide bonds. The fraction of sp³-hybridized carbons (Fsp3) is 0.609. The number of piperidine rings is 1. The van der Waals surface area contributed by atoms with E-state index in [1.54, 1.807) is 12.1 Å². The third kappa shape index (κ3) is 7.18. The number of nitrogens with zero attached hydrogens (tertiary/aromatic N) is 1. The maximum absolute atomic E-state index is 12.5. The van der Waals surface area contributed by atoms with Crippen LogP contribution < -0.4 is 15.4 Å². The van der Waals surface area contributed by atoms with Gasteiger partial charge in [-0.25, -0.2) is 22.7 Å². The molecular formula is C23H34N4O5S. The molecule has 10 heteroatoms. The minimum atomic E-state index is -3.97. The zero-order valence-corrected chi connectivity index (χ0v) is 20.1. The predicted molar refractivity (Wildman–Crippen MR) is 124 cm³/mol. The quantitative estimate of drug-likeness (QED) is 0.580. The Kier molecular flexibility index (Phi) is 8.34. The van der Waals surface area contributed by atoms with E-state index in [2.05, 4.69) is 22.3 Å². The zero-order chi connectivity index (χ0) is 24.0. The SMILES string of the molecule is CC1CCC(NC(=O)NS(=O)(=O)c2ccc(CCNC(=O)N3CCC(C)CC3=O)cc2)CC1. The van der Waals surface area contributed by atoms with Gasteiger partial charge in [0.15, 0.2) is 0 Å². The van der Waals surface area contributed by atoms with Crippen molar-refractivity contribution in [2.75, 3.05) is 13.1 Å². The summed E-state index contributed by atoms with van der Waals surface area (Å²) in [6, 6.07) is 5.06. The normalized spacial score (nSPS) is 23.6. The Labute approximate surface area is 195 Å². The average Bonchev–Trinajstić information content (AvgIpc) is 2.75. The van der Waals surface area contributed by atoms with Crippen LogP contribution in [0.5, 0.6) is 0 Å². The van der Waals surface area contributed by atoms with Crippen molar-refractivity contribution in [1.29, 1.82) is 0 Å². The lowest BCUT2D eigenvalue weighted by atomic mass is 9.87. The number of carbonyl (C=O) groups excluding carboxylic acids is 3. The van der Waals surface area contributed by atoms with E-state index in [1.165, 1.54) is 17.0 Å². The van der Waals surface area contributed by atoms with E-state index in [1.807, 2.05) is 6.92 Å². The molecule has 0 radical (unpaired) electrons. The van der Waals surface area contributed by atoms with Gasteiger partial charge in [-0.1, -0.05) is 26.0 Å². The number of urea groups is 2. The highest BCUT2D eigenvalue weighted by Crippen LogP contribution is 2.23. The monoisotopic (exact) mass is 478 g/mol. The highest BCUT2D eigenvalue weighted by molar-refractivity contribution is 7.90. The average molecular weight is 479 g/mol. The van der Waals surface area contributed by atoms with E-state index in [-0.39, 0.29) is 16.8 Å². The van der Waals surface area contributed by atoms with Crippen molar-refractivity contribution < 1.29 is 22.8 Å². The molecule has 0 bridgehead atoms. The molecule has 3 rings (SSSR count). The first-order chi connectivity index (χ1) is 15.6. The summed E-state index contributed by atoms with van der Waals surface area (Å²) in [4.78, 5) is 37.6. The lowest BCUT2D eigenvalue weighted by Gasteiger charge is -2.28. The Bertz CT molecular complexity index is 956. The van der Waals surface area contributed by atoms with E-state index >= 15 is 0 Å². The number of hydrogen-bond acceptors (Lipinski definition) is 5. The summed E-state index contributed by atoms with van der Waals surface area (Å²) in [5.74, 6) is 0.779. The van der Waals surface area contributed by atoms with E-state index in [0.29, 0.717) is 37.8 Å². The van der Waals surface area contributed by atoms with Gasteiger partial charge in [-0.2, -0.15) is 0 Å². The van der Waals surface area contributed by atoms with Gasteiger partial charge < -0.3 is 10.6 Å². The molecule has 2 aliphatic rings. The van der Waals surface area contributed by atoms with Crippen LogP contribution in [0.3, 0.4) is 0 Å². The number of hydrogen-bond donors (Lipinski definition) is 3. The topological polar surface area (TPSA) is 125 Å². The molecule has 1 atom stereocenters. The summed E-state index contributed by atoms with van der Waals surface area (Å²) in [5.41, 5.74) is 0.827. The molecule has 9 nitrogen and oxygen atoms in total. The molecule has 182 valence electrons. The fourth-order valence-electron chi connectivity index (χ4n) is 4.24. The smallest absolute Gasteiger partial charge is 0.328 e. The Balaban J connectivity index is 1.45. The number of likely N-dealkylation sites (tertiary alicyclic amines) is 1. The van der Waals surface area contributed by atoms with Gasteiger partial charge >= 0.3 is 12.1 Å². The van der Waals surface area contributed by atoms with E-state index in [9.17, 15) is 22.8 Å². The van der Waals surface area contributed by atoms with Gasteiger partial charge in [0.05, 0.1) is 4.90 Å².